The number of hydrogen-bond acceptors (Lipinski definition) is 7. The van der Waals surface area contributed by atoms with Gasteiger partial charge in [0.2, 0.25) is 0 Å². The third-order valence-electron chi connectivity index (χ3n) is 6.07. The molecular weight excluding hydrogens is 430 g/mol. The lowest BCUT2D eigenvalue weighted by molar-refractivity contribution is -0.115. The van der Waals surface area contributed by atoms with Crippen LogP contribution < -0.4 is 20.5 Å². The highest BCUT2D eigenvalue weighted by Gasteiger charge is 2.42. The van der Waals surface area contributed by atoms with Crippen molar-refractivity contribution in [2.45, 2.75) is 37.8 Å². The lowest BCUT2D eigenvalue weighted by Crippen LogP contribution is -2.51. The highest BCUT2D eigenvalue weighted by molar-refractivity contribution is 6.30. The molecule has 8 heteroatoms. The largest absolute Gasteiger partial charge is 0.508 e. The number of nitrogens with zero attached hydrogens (tertiary/aromatic N) is 1. The molecule has 0 amide bonds. The van der Waals surface area contributed by atoms with E-state index in [0.717, 1.165) is 43.1 Å². The van der Waals surface area contributed by atoms with E-state index in [9.17, 15) is 9.90 Å². The smallest absolute Gasteiger partial charge is 0.148 e. The van der Waals surface area contributed by atoms with Crippen LogP contribution in [0.4, 0.5) is 5.69 Å². The molecule has 1 fully saturated rings. The number of ether oxygens (including phenoxy) is 2. The first-order valence-electron chi connectivity index (χ1n) is 11.0. The van der Waals surface area contributed by atoms with Crippen LogP contribution in [0.15, 0.2) is 36.4 Å². The van der Waals surface area contributed by atoms with Gasteiger partial charge < -0.3 is 30.5 Å². The lowest BCUT2D eigenvalue weighted by atomic mass is 9.87. The summed E-state index contributed by atoms with van der Waals surface area (Å²) >= 11 is 6.13. The van der Waals surface area contributed by atoms with E-state index < -0.39 is 0 Å². The van der Waals surface area contributed by atoms with Crippen LogP contribution in [-0.2, 0) is 11.2 Å². The van der Waals surface area contributed by atoms with Crippen LogP contribution in [0.25, 0.3) is 0 Å². The van der Waals surface area contributed by atoms with Gasteiger partial charge in [0.15, 0.2) is 0 Å². The maximum Gasteiger partial charge on any atom is 0.148 e. The van der Waals surface area contributed by atoms with Crippen LogP contribution in [0.1, 0.15) is 25.3 Å². The van der Waals surface area contributed by atoms with Crippen LogP contribution >= 0.6 is 11.6 Å². The first kappa shape index (κ1) is 22.7. The summed E-state index contributed by atoms with van der Waals surface area (Å²) in [5.74, 6) is 1.55. The summed E-state index contributed by atoms with van der Waals surface area (Å²) < 4.78 is 12.2. The maximum atomic E-state index is 11.3. The normalized spacial score (nSPS) is 18.1. The number of anilines is 1. The average Bonchev–Trinajstić information content (AvgIpc) is 3.10. The number of nitrogens with one attached hydrogen (secondary N) is 1. The number of carbonyl (C=O) groups is 1. The Morgan fingerprint density at radius 1 is 1.31 bits per heavy atom. The molecule has 0 saturated carbocycles. The molecular formula is C24H30ClN3O4. The number of piperidine rings is 1. The van der Waals surface area contributed by atoms with E-state index in [1.165, 1.54) is 18.6 Å². The molecule has 4 rings (SSSR count). The zero-order chi connectivity index (χ0) is 22.7. The van der Waals surface area contributed by atoms with E-state index in [1.54, 1.807) is 12.1 Å². The summed E-state index contributed by atoms with van der Waals surface area (Å²) in [4.78, 5) is 13.6. The molecule has 2 aliphatic rings. The van der Waals surface area contributed by atoms with Gasteiger partial charge in [0, 0.05) is 50.0 Å². The van der Waals surface area contributed by atoms with Gasteiger partial charge in [0.25, 0.3) is 0 Å². The Kier molecular flexibility index (Phi) is 6.79. The van der Waals surface area contributed by atoms with Crippen molar-refractivity contribution >= 4 is 23.1 Å². The molecule has 1 spiro atoms. The minimum atomic E-state index is -0.187. The summed E-state index contributed by atoms with van der Waals surface area (Å²) in [7, 11) is 0. The van der Waals surface area contributed by atoms with Crippen molar-refractivity contribution in [2.75, 3.05) is 38.1 Å². The van der Waals surface area contributed by atoms with E-state index in [4.69, 9.17) is 26.8 Å². The fraction of sp³-hybridized carbons (Fsp3) is 0.458. The van der Waals surface area contributed by atoms with E-state index >= 15 is 0 Å². The number of Topliss-reactive ketones (excluding diaryl/α,β-unsaturated/α-hetero) is 1. The SMILES string of the molecule is CC(=O)CNc1ccc(O)cc1OC[C@H](N)CN1CCC2(CC1)Cc1cc(Cl)ccc1O2. The highest BCUT2D eigenvalue weighted by Crippen LogP contribution is 2.42. The summed E-state index contributed by atoms with van der Waals surface area (Å²) in [6, 6.07) is 10.4. The number of benzene rings is 2. The van der Waals surface area contributed by atoms with Crippen molar-refractivity contribution in [3.05, 3.63) is 47.0 Å². The quantitative estimate of drug-likeness (QED) is 0.521. The minimum Gasteiger partial charge on any atom is -0.508 e. The molecule has 0 radical (unpaired) electrons. The fourth-order valence-corrected chi connectivity index (χ4v) is 4.60. The zero-order valence-electron chi connectivity index (χ0n) is 18.3. The first-order valence-corrected chi connectivity index (χ1v) is 11.3. The molecule has 7 nitrogen and oxygen atoms in total. The standard InChI is InChI=1S/C24H30ClN3O4/c1-16(29)13-27-21-4-3-20(30)11-23(21)31-15-19(26)14-28-8-6-24(7-9-28)12-17-10-18(25)2-5-22(17)32-24/h2-5,10-11,19,27,30H,6-9,12-15,26H2,1H3/t19-/m1/s1. The molecule has 2 aromatic rings. The molecule has 0 bridgehead atoms. The van der Waals surface area contributed by atoms with Crippen LogP contribution in [0.5, 0.6) is 17.2 Å². The number of halogens is 1. The maximum absolute atomic E-state index is 11.3. The Morgan fingerprint density at radius 3 is 2.84 bits per heavy atom. The monoisotopic (exact) mass is 459 g/mol. The number of phenols is 1. The van der Waals surface area contributed by atoms with Gasteiger partial charge in [-0.1, -0.05) is 11.6 Å². The van der Waals surface area contributed by atoms with Gasteiger partial charge in [-0.05, 0) is 42.8 Å². The Labute approximate surface area is 193 Å². The first-order chi connectivity index (χ1) is 15.3. The molecule has 0 aromatic heterocycles. The Morgan fingerprint density at radius 2 is 2.09 bits per heavy atom. The van der Waals surface area contributed by atoms with Gasteiger partial charge in [0.05, 0.1) is 18.3 Å². The van der Waals surface area contributed by atoms with Crippen molar-refractivity contribution in [1.29, 1.82) is 0 Å². The van der Waals surface area contributed by atoms with E-state index in [-0.39, 0.29) is 29.7 Å². The van der Waals surface area contributed by atoms with E-state index in [0.29, 0.717) is 24.6 Å². The van der Waals surface area contributed by atoms with Crippen LogP contribution in [-0.4, -0.2) is 60.2 Å². The van der Waals surface area contributed by atoms with Crippen molar-refractivity contribution in [2.24, 2.45) is 5.73 Å². The predicted octanol–water partition coefficient (Wildman–Crippen LogP) is 3.22. The second-order valence-corrected chi connectivity index (χ2v) is 9.26. The Bertz CT molecular complexity index is 976. The number of phenolic OH excluding ortho intramolecular Hbond substituents is 1. The number of fused-ring (bicyclic) bond motifs is 1. The summed E-state index contributed by atoms with van der Waals surface area (Å²) in [5.41, 5.74) is 8.05. The Hall–Kier alpha value is -2.48. The second-order valence-electron chi connectivity index (χ2n) is 8.82. The molecule has 32 heavy (non-hydrogen) atoms. The molecule has 2 aliphatic heterocycles. The molecule has 2 heterocycles. The van der Waals surface area contributed by atoms with Gasteiger partial charge in [-0.3, -0.25) is 4.79 Å². The number of rotatable bonds is 8. The number of hydrogen-bond donors (Lipinski definition) is 3. The van der Waals surface area contributed by atoms with Gasteiger partial charge in [-0.2, -0.15) is 0 Å². The molecule has 4 N–H and O–H groups in total. The third kappa shape index (κ3) is 5.46. The summed E-state index contributed by atoms with van der Waals surface area (Å²) in [5, 5.41) is 13.6. The van der Waals surface area contributed by atoms with E-state index in [1.807, 2.05) is 18.2 Å². The summed E-state index contributed by atoms with van der Waals surface area (Å²) in [6.45, 7) is 4.54. The molecule has 0 unspecified atom stereocenters. The van der Waals surface area contributed by atoms with Crippen molar-refractivity contribution < 1.29 is 19.4 Å². The van der Waals surface area contributed by atoms with Crippen LogP contribution in [0, 0.1) is 0 Å². The predicted molar refractivity (Wildman–Crippen MR) is 125 cm³/mol. The topological polar surface area (TPSA) is 97.0 Å². The van der Waals surface area contributed by atoms with Gasteiger partial charge in [0.1, 0.15) is 35.2 Å². The molecule has 0 aliphatic carbocycles. The number of carbonyl (C=O) groups excluding carboxylic acids is 1. The fourth-order valence-electron chi connectivity index (χ4n) is 4.40. The Balaban J connectivity index is 1.26. The summed E-state index contributed by atoms with van der Waals surface area (Å²) in [6.07, 6.45) is 2.79. The lowest BCUT2D eigenvalue weighted by Gasteiger charge is -2.39. The minimum absolute atomic E-state index is 0.0148. The van der Waals surface area contributed by atoms with E-state index in [2.05, 4.69) is 10.2 Å². The third-order valence-corrected chi connectivity index (χ3v) is 6.30. The molecule has 1 saturated heterocycles. The molecule has 2 aromatic carbocycles. The van der Waals surface area contributed by atoms with Gasteiger partial charge in [-0.25, -0.2) is 0 Å². The number of aromatic hydroxyl groups is 1. The van der Waals surface area contributed by atoms with Crippen molar-refractivity contribution in [1.82, 2.24) is 4.90 Å². The van der Waals surface area contributed by atoms with Gasteiger partial charge in [-0.15, -0.1) is 0 Å². The number of likely N-dealkylation sites (tertiary alicyclic amines) is 1. The number of ketones is 1. The van der Waals surface area contributed by atoms with Gasteiger partial charge >= 0.3 is 0 Å². The van der Waals surface area contributed by atoms with Crippen LogP contribution in [0.3, 0.4) is 0 Å². The average molecular weight is 460 g/mol. The van der Waals surface area contributed by atoms with Crippen molar-refractivity contribution in [3.63, 3.8) is 0 Å². The highest BCUT2D eigenvalue weighted by atomic mass is 35.5. The number of nitrogens with two attached hydrogens (primary N) is 1. The molecule has 172 valence electrons. The van der Waals surface area contributed by atoms with Crippen molar-refractivity contribution in [3.8, 4) is 17.2 Å². The second kappa shape index (κ2) is 9.57. The molecule has 1 atom stereocenters. The zero-order valence-corrected chi connectivity index (χ0v) is 19.0. The van der Waals surface area contributed by atoms with Crippen LogP contribution in [0.2, 0.25) is 5.02 Å².